The minimum atomic E-state index is -4.53. The molecule has 4 N–H and O–H groups in total. The van der Waals surface area contributed by atoms with Crippen LogP contribution in [0.3, 0.4) is 0 Å². The van der Waals surface area contributed by atoms with E-state index in [4.69, 9.17) is 0 Å². The number of urea groups is 1. The Morgan fingerprint density at radius 1 is 1.09 bits per heavy atom. The van der Waals surface area contributed by atoms with Crippen molar-refractivity contribution >= 4 is 17.7 Å². The molecule has 0 radical (unpaired) electrons. The number of carboxylic acid groups (broad SMARTS) is 1. The van der Waals surface area contributed by atoms with Crippen molar-refractivity contribution in [2.45, 2.75) is 25.1 Å². The summed E-state index contributed by atoms with van der Waals surface area (Å²) in [5, 5.41) is 23.9. The number of pyridine rings is 1. The SMILES string of the molecule is Cn1ccc(O)c(NC(=O)NC(CC(=O)O)c2cccc(Cc3ccccc3C(F)(F)F)c2)c1=O. The normalized spacial score (nSPS) is 12.1. The molecule has 11 heteroatoms. The first-order valence-corrected chi connectivity index (χ1v) is 10.4. The van der Waals surface area contributed by atoms with E-state index >= 15 is 0 Å². The summed E-state index contributed by atoms with van der Waals surface area (Å²) in [6.07, 6.45) is -3.83. The number of carbonyl (C=O) groups excluding carboxylic acids is 1. The van der Waals surface area contributed by atoms with Gasteiger partial charge in [-0.05, 0) is 35.2 Å². The van der Waals surface area contributed by atoms with Crippen LogP contribution in [0.5, 0.6) is 5.75 Å². The van der Waals surface area contributed by atoms with E-state index in [1.54, 1.807) is 12.1 Å². The number of hydrogen-bond donors (Lipinski definition) is 4. The standard InChI is InChI=1S/C24H22F3N3O5/c1-30-10-9-19(31)21(22(30)34)29-23(35)28-18(13-20(32)33)16-7-4-5-14(12-16)11-15-6-2-3-8-17(15)24(25,26)27/h2-10,12,18,31H,11,13H2,1H3,(H,32,33)(H2,28,29,35). The van der Waals surface area contributed by atoms with Gasteiger partial charge in [-0.1, -0.05) is 42.5 Å². The van der Waals surface area contributed by atoms with E-state index in [-0.39, 0.29) is 17.7 Å². The summed E-state index contributed by atoms with van der Waals surface area (Å²) in [5.74, 6) is -1.70. The van der Waals surface area contributed by atoms with Gasteiger partial charge in [0.25, 0.3) is 5.56 Å². The number of carboxylic acids is 1. The van der Waals surface area contributed by atoms with Crippen molar-refractivity contribution in [3.05, 3.63) is 93.4 Å². The molecule has 2 aromatic carbocycles. The lowest BCUT2D eigenvalue weighted by molar-refractivity contribution is -0.138. The van der Waals surface area contributed by atoms with Crippen LogP contribution in [0.25, 0.3) is 0 Å². The number of nitrogens with zero attached hydrogens (tertiary/aromatic N) is 1. The monoisotopic (exact) mass is 489 g/mol. The van der Waals surface area contributed by atoms with Crippen LogP contribution in [-0.4, -0.2) is 26.8 Å². The van der Waals surface area contributed by atoms with Crippen LogP contribution >= 0.6 is 0 Å². The summed E-state index contributed by atoms with van der Waals surface area (Å²) in [7, 11) is 1.42. The zero-order chi connectivity index (χ0) is 25.8. The van der Waals surface area contributed by atoms with Crippen LogP contribution in [0.2, 0.25) is 0 Å². The Hall–Kier alpha value is -4.28. The molecule has 2 amide bonds. The largest absolute Gasteiger partial charge is 0.505 e. The topological polar surface area (TPSA) is 121 Å². The number of aliphatic carboxylic acids is 1. The predicted octanol–water partition coefficient (Wildman–Crippen LogP) is 4.04. The predicted molar refractivity (Wildman–Crippen MR) is 121 cm³/mol. The van der Waals surface area contributed by atoms with Crippen molar-refractivity contribution in [3.63, 3.8) is 0 Å². The highest BCUT2D eigenvalue weighted by atomic mass is 19.4. The highest BCUT2D eigenvalue weighted by molar-refractivity contribution is 5.91. The van der Waals surface area contributed by atoms with Gasteiger partial charge in [0, 0.05) is 13.2 Å². The summed E-state index contributed by atoms with van der Waals surface area (Å²) in [6, 6.07) is 10.5. The van der Waals surface area contributed by atoms with Gasteiger partial charge in [0.05, 0.1) is 18.0 Å². The summed E-state index contributed by atoms with van der Waals surface area (Å²) in [4.78, 5) is 36.1. The fourth-order valence-electron chi connectivity index (χ4n) is 3.56. The maximum Gasteiger partial charge on any atom is 0.416 e. The number of amides is 2. The lowest BCUT2D eigenvalue weighted by atomic mass is 9.95. The number of benzene rings is 2. The van der Waals surface area contributed by atoms with Crippen LogP contribution < -0.4 is 16.2 Å². The van der Waals surface area contributed by atoms with E-state index in [1.165, 1.54) is 49.6 Å². The number of anilines is 1. The molecule has 1 aromatic heterocycles. The molecule has 3 aromatic rings. The second-order valence-electron chi connectivity index (χ2n) is 7.82. The molecular weight excluding hydrogens is 467 g/mol. The molecule has 1 heterocycles. The average Bonchev–Trinajstić information content (AvgIpc) is 2.78. The van der Waals surface area contributed by atoms with Crippen molar-refractivity contribution in [1.29, 1.82) is 0 Å². The number of halogens is 3. The first kappa shape index (κ1) is 25.3. The molecule has 0 saturated carbocycles. The van der Waals surface area contributed by atoms with Gasteiger partial charge in [-0.25, -0.2) is 4.79 Å². The summed E-state index contributed by atoms with van der Waals surface area (Å²) in [6.45, 7) is 0. The van der Waals surface area contributed by atoms with Crippen LogP contribution in [0.4, 0.5) is 23.7 Å². The van der Waals surface area contributed by atoms with Crippen molar-refractivity contribution in [2.24, 2.45) is 7.05 Å². The zero-order valence-corrected chi connectivity index (χ0v) is 18.5. The summed E-state index contributed by atoms with van der Waals surface area (Å²) >= 11 is 0. The van der Waals surface area contributed by atoms with Gasteiger partial charge in [0.1, 0.15) is 5.75 Å². The molecule has 0 aliphatic rings. The number of aromatic nitrogens is 1. The van der Waals surface area contributed by atoms with E-state index in [9.17, 15) is 37.8 Å². The number of aromatic hydroxyl groups is 1. The number of nitrogens with one attached hydrogen (secondary N) is 2. The Balaban J connectivity index is 1.85. The van der Waals surface area contributed by atoms with E-state index in [1.807, 2.05) is 0 Å². The van der Waals surface area contributed by atoms with Gasteiger partial charge in [-0.3, -0.25) is 9.59 Å². The highest BCUT2D eigenvalue weighted by Crippen LogP contribution is 2.33. The number of hydrogen-bond acceptors (Lipinski definition) is 4. The Morgan fingerprint density at radius 2 is 1.80 bits per heavy atom. The van der Waals surface area contributed by atoms with E-state index in [0.717, 1.165) is 10.6 Å². The zero-order valence-electron chi connectivity index (χ0n) is 18.5. The first-order valence-electron chi connectivity index (χ1n) is 10.4. The van der Waals surface area contributed by atoms with Crippen LogP contribution in [0.1, 0.15) is 34.7 Å². The number of rotatable bonds is 7. The second kappa shape index (κ2) is 10.3. The molecular formula is C24H22F3N3O5. The van der Waals surface area contributed by atoms with Crippen molar-refractivity contribution in [1.82, 2.24) is 9.88 Å². The van der Waals surface area contributed by atoms with Crippen LogP contribution in [-0.2, 0) is 24.4 Å². The van der Waals surface area contributed by atoms with Crippen molar-refractivity contribution in [3.8, 4) is 5.75 Å². The van der Waals surface area contributed by atoms with Gasteiger partial charge in [0.2, 0.25) is 0 Å². The van der Waals surface area contributed by atoms with E-state index in [0.29, 0.717) is 11.1 Å². The molecule has 0 bridgehead atoms. The van der Waals surface area contributed by atoms with Gasteiger partial charge >= 0.3 is 18.2 Å². The summed E-state index contributed by atoms with van der Waals surface area (Å²) in [5.41, 5.74) is -0.970. The number of aryl methyl sites for hydroxylation is 1. The Labute approximate surface area is 197 Å². The van der Waals surface area contributed by atoms with E-state index < -0.39 is 47.5 Å². The van der Waals surface area contributed by atoms with Gasteiger partial charge < -0.3 is 25.4 Å². The van der Waals surface area contributed by atoms with Gasteiger partial charge in [-0.2, -0.15) is 13.2 Å². The number of carbonyl (C=O) groups is 2. The minimum Gasteiger partial charge on any atom is -0.505 e. The lowest BCUT2D eigenvalue weighted by Gasteiger charge is -2.19. The number of alkyl halides is 3. The Bertz CT molecular complexity index is 1300. The fourth-order valence-corrected chi connectivity index (χ4v) is 3.56. The molecule has 184 valence electrons. The quantitative estimate of drug-likeness (QED) is 0.399. The van der Waals surface area contributed by atoms with Gasteiger partial charge in [-0.15, -0.1) is 0 Å². The third kappa shape index (κ3) is 6.40. The molecule has 8 nitrogen and oxygen atoms in total. The van der Waals surface area contributed by atoms with Gasteiger partial charge in [0.15, 0.2) is 5.69 Å². The fraction of sp³-hybridized carbons (Fsp3) is 0.208. The maximum absolute atomic E-state index is 13.3. The molecule has 1 unspecified atom stereocenters. The third-order valence-corrected chi connectivity index (χ3v) is 5.24. The molecule has 0 aliphatic heterocycles. The van der Waals surface area contributed by atoms with Crippen molar-refractivity contribution < 1.29 is 33.0 Å². The van der Waals surface area contributed by atoms with Crippen LogP contribution in [0, 0.1) is 0 Å². The average molecular weight is 489 g/mol. The minimum absolute atomic E-state index is 0.0491. The third-order valence-electron chi connectivity index (χ3n) is 5.24. The molecule has 35 heavy (non-hydrogen) atoms. The van der Waals surface area contributed by atoms with Crippen molar-refractivity contribution in [2.75, 3.05) is 5.32 Å². The molecule has 3 rings (SSSR count). The lowest BCUT2D eigenvalue weighted by Crippen LogP contribution is -2.36. The maximum atomic E-state index is 13.3. The second-order valence-corrected chi connectivity index (χ2v) is 7.82. The van der Waals surface area contributed by atoms with E-state index in [2.05, 4.69) is 10.6 Å². The molecule has 0 aliphatic carbocycles. The Kier molecular flexibility index (Phi) is 7.48. The molecule has 0 spiro atoms. The smallest absolute Gasteiger partial charge is 0.416 e. The van der Waals surface area contributed by atoms with Crippen LogP contribution in [0.15, 0.2) is 65.6 Å². The first-order chi connectivity index (χ1) is 16.5. The Morgan fingerprint density at radius 3 is 2.49 bits per heavy atom. The highest BCUT2D eigenvalue weighted by Gasteiger charge is 2.32. The molecule has 1 atom stereocenters. The summed E-state index contributed by atoms with van der Waals surface area (Å²) < 4.78 is 41.2. The molecule has 0 fully saturated rings. The molecule has 0 saturated heterocycles.